The summed E-state index contributed by atoms with van der Waals surface area (Å²) in [5.74, 6) is 0.396. The fourth-order valence-electron chi connectivity index (χ4n) is 3.30. The second-order valence-corrected chi connectivity index (χ2v) is 9.11. The number of ether oxygens (including phenoxy) is 2. The van der Waals surface area contributed by atoms with Crippen molar-refractivity contribution in [2.45, 2.75) is 31.1 Å². The molecule has 2 aromatic carbocycles. The average molecular weight is 433 g/mol. The number of carbonyl (C=O) groups is 1. The van der Waals surface area contributed by atoms with Crippen molar-refractivity contribution in [1.29, 1.82) is 0 Å². The molecule has 162 valence electrons. The second-order valence-electron chi connectivity index (χ2n) is 7.21. The van der Waals surface area contributed by atoms with E-state index in [1.54, 1.807) is 19.1 Å². The summed E-state index contributed by atoms with van der Waals surface area (Å²) in [4.78, 5) is 12.4. The van der Waals surface area contributed by atoms with Gasteiger partial charge in [-0.05, 0) is 49.6 Å². The first-order valence-electron chi connectivity index (χ1n) is 10.1. The highest BCUT2D eigenvalue weighted by molar-refractivity contribution is 7.89. The summed E-state index contributed by atoms with van der Waals surface area (Å²) in [7, 11) is -3.57. The lowest BCUT2D eigenvalue weighted by Gasteiger charge is -2.26. The number of hydrogen-bond acceptors (Lipinski definition) is 5. The van der Waals surface area contributed by atoms with Crippen LogP contribution in [0.25, 0.3) is 0 Å². The van der Waals surface area contributed by atoms with E-state index in [0.717, 1.165) is 25.0 Å². The lowest BCUT2D eigenvalue weighted by atomic mass is 10.2. The van der Waals surface area contributed by atoms with Gasteiger partial charge in [0.2, 0.25) is 15.9 Å². The number of benzene rings is 2. The molecule has 1 N–H and O–H groups in total. The summed E-state index contributed by atoms with van der Waals surface area (Å²) in [5.41, 5.74) is 1.10. The molecule has 1 aliphatic rings. The second kappa shape index (κ2) is 10.6. The Morgan fingerprint density at radius 2 is 1.77 bits per heavy atom. The number of aryl methyl sites for hydroxylation is 1. The Balaban J connectivity index is 1.51. The van der Waals surface area contributed by atoms with E-state index in [1.165, 1.54) is 10.4 Å². The monoisotopic (exact) mass is 432 g/mol. The van der Waals surface area contributed by atoms with E-state index in [9.17, 15) is 13.2 Å². The minimum atomic E-state index is -3.57. The first-order chi connectivity index (χ1) is 14.5. The number of piperidine rings is 1. The van der Waals surface area contributed by atoms with Gasteiger partial charge in [-0.1, -0.05) is 30.7 Å². The molecule has 0 spiro atoms. The van der Waals surface area contributed by atoms with Crippen molar-refractivity contribution in [3.63, 3.8) is 0 Å². The summed E-state index contributed by atoms with van der Waals surface area (Å²) in [6.07, 6.45) is 2.80. The predicted molar refractivity (Wildman–Crippen MR) is 115 cm³/mol. The van der Waals surface area contributed by atoms with Gasteiger partial charge >= 0.3 is 0 Å². The van der Waals surface area contributed by atoms with Crippen molar-refractivity contribution in [3.8, 4) is 5.75 Å². The number of rotatable bonds is 9. The summed E-state index contributed by atoms with van der Waals surface area (Å²) < 4.78 is 38.3. The van der Waals surface area contributed by atoms with Crippen LogP contribution in [0, 0.1) is 6.92 Å². The van der Waals surface area contributed by atoms with Crippen molar-refractivity contribution in [1.82, 2.24) is 4.31 Å². The molecule has 0 unspecified atom stereocenters. The van der Waals surface area contributed by atoms with E-state index < -0.39 is 10.0 Å². The number of carbonyl (C=O) groups excluding carboxylic acids is 1. The predicted octanol–water partition coefficient (Wildman–Crippen LogP) is 3.20. The molecule has 3 rings (SSSR count). The van der Waals surface area contributed by atoms with Gasteiger partial charge in [-0.2, -0.15) is 4.31 Å². The van der Waals surface area contributed by atoms with Gasteiger partial charge in [0.15, 0.2) is 0 Å². The first-order valence-corrected chi connectivity index (χ1v) is 11.6. The smallest absolute Gasteiger partial charge is 0.250 e. The molecule has 0 saturated carbocycles. The number of nitrogens with zero attached hydrogens (tertiary/aromatic N) is 1. The van der Waals surface area contributed by atoms with E-state index in [4.69, 9.17) is 9.47 Å². The van der Waals surface area contributed by atoms with Gasteiger partial charge in [-0.15, -0.1) is 0 Å². The fraction of sp³-hybridized carbons (Fsp3) is 0.409. The molecule has 1 saturated heterocycles. The van der Waals surface area contributed by atoms with Gasteiger partial charge in [-0.3, -0.25) is 4.79 Å². The van der Waals surface area contributed by atoms with E-state index in [0.29, 0.717) is 30.9 Å². The van der Waals surface area contributed by atoms with Crippen molar-refractivity contribution in [2.75, 3.05) is 38.2 Å². The number of hydrogen-bond donors (Lipinski definition) is 1. The van der Waals surface area contributed by atoms with E-state index in [-0.39, 0.29) is 24.0 Å². The molecule has 1 fully saturated rings. The van der Waals surface area contributed by atoms with Crippen molar-refractivity contribution >= 4 is 21.6 Å². The SMILES string of the molecule is Cc1ccc(NC(=O)COCCOc2ccccc2)cc1S(=O)(=O)N1CCCCC1. The molecule has 0 atom stereocenters. The zero-order chi connectivity index (χ0) is 21.4. The highest BCUT2D eigenvalue weighted by Crippen LogP contribution is 2.26. The van der Waals surface area contributed by atoms with Gasteiger partial charge in [0.05, 0.1) is 11.5 Å². The zero-order valence-corrected chi connectivity index (χ0v) is 18.0. The van der Waals surface area contributed by atoms with E-state index in [1.807, 2.05) is 30.3 Å². The normalized spacial score (nSPS) is 15.0. The van der Waals surface area contributed by atoms with Crippen LogP contribution in [0.1, 0.15) is 24.8 Å². The molecule has 0 radical (unpaired) electrons. The van der Waals surface area contributed by atoms with Gasteiger partial charge in [0.1, 0.15) is 19.0 Å². The number of nitrogens with one attached hydrogen (secondary N) is 1. The molecule has 7 nitrogen and oxygen atoms in total. The largest absolute Gasteiger partial charge is 0.491 e. The van der Waals surface area contributed by atoms with Gasteiger partial charge in [-0.25, -0.2) is 8.42 Å². The standard InChI is InChI=1S/C22H28N2O5S/c1-18-10-11-19(16-21(18)30(26,27)24-12-6-3-7-13-24)23-22(25)17-28-14-15-29-20-8-4-2-5-9-20/h2,4-5,8-11,16H,3,6-7,12-15,17H2,1H3,(H,23,25). The summed E-state index contributed by atoms with van der Waals surface area (Å²) in [5, 5.41) is 2.71. The Kier molecular flexibility index (Phi) is 7.84. The fourth-order valence-corrected chi connectivity index (χ4v) is 5.07. The molecular formula is C22H28N2O5S. The van der Waals surface area contributed by atoms with Crippen molar-refractivity contribution < 1.29 is 22.7 Å². The van der Waals surface area contributed by atoms with Crippen LogP contribution in [0.4, 0.5) is 5.69 Å². The molecule has 1 heterocycles. The molecule has 0 bridgehead atoms. The molecular weight excluding hydrogens is 404 g/mol. The van der Waals surface area contributed by atoms with Crippen LogP contribution < -0.4 is 10.1 Å². The number of para-hydroxylation sites is 1. The maximum atomic E-state index is 13.0. The molecule has 8 heteroatoms. The highest BCUT2D eigenvalue weighted by Gasteiger charge is 2.27. The minimum absolute atomic E-state index is 0.139. The Labute approximate surface area is 178 Å². The van der Waals surface area contributed by atoms with Crippen molar-refractivity contribution in [2.24, 2.45) is 0 Å². The average Bonchev–Trinajstić information content (AvgIpc) is 2.76. The third kappa shape index (κ3) is 6.04. The maximum Gasteiger partial charge on any atom is 0.250 e. The van der Waals surface area contributed by atoms with Crippen LogP contribution in [-0.4, -0.2) is 51.5 Å². The minimum Gasteiger partial charge on any atom is -0.491 e. The summed E-state index contributed by atoms with van der Waals surface area (Å²) in [6.45, 7) is 3.30. The van der Waals surface area contributed by atoms with Crippen LogP contribution in [0.3, 0.4) is 0 Å². The zero-order valence-electron chi connectivity index (χ0n) is 17.2. The van der Waals surface area contributed by atoms with Crippen molar-refractivity contribution in [3.05, 3.63) is 54.1 Å². The Morgan fingerprint density at radius 1 is 1.03 bits per heavy atom. The summed E-state index contributed by atoms with van der Waals surface area (Å²) in [6, 6.07) is 14.3. The molecule has 2 aromatic rings. The quantitative estimate of drug-likeness (QED) is 0.615. The Bertz CT molecular complexity index is 941. The number of sulfonamides is 1. The van der Waals surface area contributed by atoms with Crippen LogP contribution in [-0.2, 0) is 19.6 Å². The molecule has 30 heavy (non-hydrogen) atoms. The third-order valence-corrected chi connectivity index (χ3v) is 6.92. The number of amides is 1. The first kappa shape index (κ1) is 22.3. The third-order valence-electron chi connectivity index (χ3n) is 4.88. The van der Waals surface area contributed by atoms with E-state index >= 15 is 0 Å². The van der Waals surface area contributed by atoms with Crippen LogP contribution in [0.15, 0.2) is 53.4 Å². The van der Waals surface area contributed by atoms with Crippen LogP contribution in [0.5, 0.6) is 5.75 Å². The molecule has 0 aromatic heterocycles. The topological polar surface area (TPSA) is 84.9 Å². The lowest BCUT2D eigenvalue weighted by Crippen LogP contribution is -2.36. The van der Waals surface area contributed by atoms with Gasteiger partial charge in [0, 0.05) is 18.8 Å². The Hall–Kier alpha value is -2.42. The molecule has 1 aliphatic heterocycles. The highest BCUT2D eigenvalue weighted by atomic mass is 32.2. The summed E-state index contributed by atoms with van der Waals surface area (Å²) >= 11 is 0. The lowest BCUT2D eigenvalue weighted by molar-refractivity contribution is -0.120. The van der Waals surface area contributed by atoms with E-state index in [2.05, 4.69) is 5.32 Å². The molecule has 1 amide bonds. The number of anilines is 1. The van der Waals surface area contributed by atoms with Gasteiger partial charge in [0.25, 0.3) is 0 Å². The van der Waals surface area contributed by atoms with Crippen LogP contribution >= 0.6 is 0 Å². The van der Waals surface area contributed by atoms with Crippen LogP contribution in [0.2, 0.25) is 0 Å². The maximum absolute atomic E-state index is 13.0. The Morgan fingerprint density at radius 3 is 2.50 bits per heavy atom. The molecule has 0 aliphatic carbocycles. The van der Waals surface area contributed by atoms with Gasteiger partial charge < -0.3 is 14.8 Å².